The molecule has 1 atom stereocenters. The Kier molecular flexibility index (Phi) is 9.20. The van der Waals surface area contributed by atoms with Crippen LogP contribution in [0.3, 0.4) is 0 Å². The number of rotatable bonds is 10. The summed E-state index contributed by atoms with van der Waals surface area (Å²) < 4.78 is 6.78. The van der Waals surface area contributed by atoms with E-state index in [-0.39, 0.29) is 25.0 Å². The molecule has 0 aliphatic carbocycles. The van der Waals surface area contributed by atoms with E-state index < -0.39 is 6.04 Å². The van der Waals surface area contributed by atoms with Crippen molar-refractivity contribution in [2.45, 2.75) is 25.9 Å². The third-order valence-corrected chi connectivity index (χ3v) is 7.10. The summed E-state index contributed by atoms with van der Waals surface area (Å²) in [5.74, 6) is 0.0493. The van der Waals surface area contributed by atoms with Gasteiger partial charge >= 0.3 is 0 Å². The minimum atomic E-state index is -0.725. The van der Waals surface area contributed by atoms with Crippen molar-refractivity contribution in [2.75, 3.05) is 13.2 Å². The first kappa shape index (κ1) is 26.7. The molecule has 2 amide bonds. The second-order valence-corrected chi connectivity index (χ2v) is 9.87. The van der Waals surface area contributed by atoms with E-state index >= 15 is 0 Å². The van der Waals surface area contributed by atoms with Crippen LogP contribution in [0.15, 0.2) is 95.5 Å². The maximum Gasteiger partial charge on any atom is 0.261 e. The van der Waals surface area contributed by atoms with Gasteiger partial charge in [0.25, 0.3) is 5.91 Å². The number of ether oxygens (including phenoxy) is 1. The molecular formula is C30H28BrClN2O3. The highest BCUT2D eigenvalue weighted by atomic mass is 79.9. The number of amides is 2. The van der Waals surface area contributed by atoms with E-state index in [1.165, 1.54) is 0 Å². The molecule has 1 N–H and O–H groups in total. The van der Waals surface area contributed by atoms with Gasteiger partial charge in [0.2, 0.25) is 5.91 Å². The second kappa shape index (κ2) is 12.7. The van der Waals surface area contributed by atoms with Gasteiger partial charge in [-0.3, -0.25) is 9.59 Å². The molecule has 0 aliphatic rings. The van der Waals surface area contributed by atoms with Crippen LogP contribution in [0.2, 0.25) is 5.02 Å². The van der Waals surface area contributed by atoms with Crippen molar-refractivity contribution in [3.63, 3.8) is 0 Å². The Hall–Kier alpha value is -3.35. The van der Waals surface area contributed by atoms with Crippen molar-refractivity contribution >= 4 is 50.1 Å². The summed E-state index contributed by atoms with van der Waals surface area (Å²) in [6.45, 7) is 2.32. The van der Waals surface area contributed by atoms with Gasteiger partial charge in [0.1, 0.15) is 11.8 Å². The van der Waals surface area contributed by atoms with Gasteiger partial charge in [0.15, 0.2) is 6.61 Å². The number of hydrogen-bond donors (Lipinski definition) is 1. The molecule has 7 heteroatoms. The number of benzene rings is 4. The van der Waals surface area contributed by atoms with Crippen LogP contribution in [0.1, 0.15) is 18.1 Å². The van der Waals surface area contributed by atoms with Crippen molar-refractivity contribution in [1.82, 2.24) is 10.2 Å². The van der Waals surface area contributed by atoms with Crippen LogP contribution in [0.4, 0.5) is 0 Å². The van der Waals surface area contributed by atoms with Gasteiger partial charge in [-0.25, -0.2) is 0 Å². The summed E-state index contributed by atoms with van der Waals surface area (Å²) in [4.78, 5) is 28.5. The lowest BCUT2D eigenvalue weighted by atomic mass is 10.0. The molecule has 0 aliphatic heterocycles. The predicted octanol–water partition coefficient (Wildman–Crippen LogP) is 6.41. The molecule has 4 aromatic carbocycles. The quantitative estimate of drug-likeness (QED) is 0.236. The van der Waals surface area contributed by atoms with Crippen LogP contribution in [0.5, 0.6) is 5.75 Å². The van der Waals surface area contributed by atoms with E-state index in [9.17, 15) is 9.59 Å². The highest BCUT2D eigenvalue weighted by Crippen LogP contribution is 2.33. The van der Waals surface area contributed by atoms with E-state index in [4.69, 9.17) is 16.3 Å². The summed E-state index contributed by atoms with van der Waals surface area (Å²) in [7, 11) is 0. The highest BCUT2D eigenvalue weighted by Gasteiger charge is 2.30. The number of halogens is 2. The van der Waals surface area contributed by atoms with Gasteiger partial charge < -0.3 is 15.0 Å². The SMILES string of the molecule is CCNC(=O)C(Cc1ccccc1)N(Cc1cccc(Cl)c1)C(=O)COc1ccc2ccccc2c1Br. The molecule has 0 fully saturated rings. The summed E-state index contributed by atoms with van der Waals surface area (Å²) in [6, 6.07) is 28.0. The molecule has 4 aromatic rings. The first-order valence-electron chi connectivity index (χ1n) is 12.1. The summed E-state index contributed by atoms with van der Waals surface area (Å²) >= 11 is 9.84. The molecule has 0 aromatic heterocycles. The smallest absolute Gasteiger partial charge is 0.261 e. The highest BCUT2D eigenvalue weighted by molar-refractivity contribution is 9.10. The molecule has 1 unspecified atom stereocenters. The number of carbonyl (C=O) groups excluding carboxylic acids is 2. The van der Waals surface area contributed by atoms with Crippen LogP contribution in [-0.4, -0.2) is 35.9 Å². The first-order valence-corrected chi connectivity index (χ1v) is 13.3. The molecule has 4 rings (SSSR count). The standard InChI is InChI=1S/C30H28BrClN2O3/c1-2-33-30(36)26(18-21-9-4-3-5-10-21)34(19-22-11-8-13-24(32)17-22)28(35)20-37-27-16-15-23-12-6-7-14-25(23)29(27)31/h3-17,26H,2,18-20H2,1H3,(H,33,36). The minimum Gasteiger partial charge on any atom is -0.483 e. The van der Waals surface area contributed by atoms with Gasteiger partial charge in [-0.05, 0) is 63.0 Å². The third kappa shape index (κ3) is 6.90. The number of nitrogens with zero attached hydrogens (tertiary/aromatic N) is 1. The van der Waals surface area contributed by atoms with E-state index in [1.807, 2.05) is 85.8 Å². The van der Waals surface area contributed by atoms with Crippen LogP contribution in [0.25, 0.3) is 10.8 Å². The Bertz CT molecular complexity index is 1380. The zero-order valence-corrected chi connectivity index (χ0v) is 22.8. The molecule has 190 valence electrons. The lowest BCUT2D eigenvalue weighted by Crippen LogP contribution is -2.51. The van der Waals surface area contributed by atoms with Crippen molar-refractivity contribution in [1.29, 1.82) is 0 Å². The molecule has 5 nitrogen and oxygen atoms in total. The van der Waals surface area contributed by atoms with Gasteiger partial charge in [-0.15, -0.1) is 0 Å². The number of carbonyl (C=O) groups is 2. The van der Waals surface area contributed by atoms with Crippen LogP contribution >= 0.6 is 27.5 Å². The van der Waals surface area contributed by atoms with Crippen molar-refractivity contribution in [2.24, 2.45) is 0 Å². The largest absolute Gasteiger partial charge is 0.483 e. The third-order valence-electron chi connectivity index (χ3n) is 6.04. The average molecular weight is 580 g/mol. The van der Waals surface area contributed by atoms with Crippen LogP contribution in [0, 0.1) is 0 Å². The van der Waals surface area contributed by atoms with Gasteiger partial charge in [0, 0.05) is 24.5 Å². The zero-order valence-electron chi connectivity index (χ0n) is 20.5. The Morgan fingerprint density at radius 3 is 2.43 bits per heavy atom. The minimum absolute atomic E-state index is 0.214. The fourth-order valence-corrected chi connectivity index (χ4v) is 5.05. The van der Waals surface area contributed by atoms with Crippen LogP contribution < -0.4 is 10.1 Å². The summed E-state index contributed by atoms with van der Waals surface area (Å²) in [5.41, 5.74) is 1.79. The molecular weight excluding hydrogens is 552 g/mol. The first-order chi connectivity index (χ1) is 18.0. The average Bonchev–Trinajstić information content (AvgIpc) is 2.91. The number of hydrogen-bond acceptors (Lipinski definition) is 3. The maximum atomic E-state index is 13.7. The number of likely N-dealkylation sites (N-methyl/N-ethyl adjacent to an activating group) is 1. The topological polar surface area (TPSA) is 58.6 Å². The normalized spacial score (nSPS) is 11.6. The molecule has 0 radical (unpaired) electrons. The Morgan fingerprint density at radius 1 is 0.946 bits per heavy atom. The van der Waals surface area contributed by atoms with E-state index in [0.717, 1.165) is 26.4 Å². The fourth-order valence-electron chi connectivity index (χ4n) is 4.23. The summed E-state index contributed by atoms with van der Waals surface area (Å²) in [6.07, 6.45) is 0.374. The fraction of sp³-hybridized carbons (Fsp3) is 0.200. The van der Waals surface area contributed by atoms with Gasteiger partial charge in [0.05, 0.1) is 4.47 Å². The Morgan fingerprint density at radius 2 is 1.68 bits per heavy atom. The monoisotopic (exact) mass is 578 g/mol. The maximum absolute atomic E-state index is 13.7. The van der Waals surface area contributed by atoms with Crippen LogP contribution in [-0.2, 0) is 22.6 Å². The summed E-state index contributed by atoms with van der Waals surface area (Å²) in [5, 5.41) is 5.52. The zero-order chi connectivity index (χ0) is 26.2. The van der Waals surface area contributed by atoms with Gasteiger partial charge in [-0.1, -0.05) is 84.4 Å². The number of nitrogens with one attached hydrogen (secondary N) is 1. The molecule has 0 heterocycles. The van der Waals surface area contributed by atoms with E-state index in [1.54, 1.807) is 17.0 Å². The van der Waals surface area contributed by atoms with Crippen molar-refractivity contribution < 1.29 is 14.3 Å². The molecule has 0 saturated carbocycles. The lowest BCUT2D eigenvalue weighted by molar-refractivity contribution is -0.142. The van der Waals surface area contributed by atoms with Crippen molar-refractivity contribution in [3.05, 3.63) is 112 Å². The van der Waals surface area contributed by atoms with E-state index in [2.05, 4.69) is 21.2 Å². The molecule has 0 bridgehead atoms. The Labute approximate surface area is 230 Å². The molecule has 0 saturated heterocycles. The lowest BCUT2D eigenvalue weighted by Gasteiger charge is -2.31. The Balaban J connectivity index is 1.63. The van der Waals surface area contributed by atoms with Gasteiger partial charge in [-0.2, -0.15) is 0 Å². The molecule has 37 heavy (non-hydrogen) atoms. The molecule has 0 spiro atoms. The number of fused-ring (bicyclic) bond motifs is 1. The predicted molar refractivity (Wildman–Crippen MR) is 152 cm³/mol. The second-order valence-electron chi connectivity index (χ2n) is 8.64. The van der Waals surface area contributed by atoms with E-state index in [0.29, 0.717) is 23.7 Å². The van der Waals surface area contributed by atoms with Crippen molar-refractivity contribution in [3.8, 4) is 5.75 Å².